The van der Waals surface area contributed by atoms with Crippen LogP contribution in [0.3, 0.4) is 0 Å². The van der Waals surface area contributed by atoms with Gasteiger partial charge in [0.25, 0.3) is 5.91 Å². The molecule has 1 saturated heterocycles. The molecule has 1 heterocycles. The molecule has 0 bridgehead atoms. The number of nitrogens with one attached hydrogen (secondary N) is 1. The molecule has 1 aliphatic rings. The van der Waals surface area contributed by atoms with E-state index in [0.717, 1.165) is 48.8 Å². The highest BCUT2D eigenvalue weighted by Crippen LogP contribution is 2.29. The molecule has 27 heavy (non-hydrogen) atoms. The maximum Gasteiger partial charge on any atom is 0.340 e. The molecule has 1 aromatic rings. The number of ether oxygens (including phenoxy) is 1. The van der Waals surface area contributed by atoms with Gasteiger partial charge in [0.05, 0.1) is 38.0 Å². The van der Waals surface area contributed by atoms with Gasteiger partial charge in [0, 0.05) is 11.4 Å². The lowest BCUT2D eigenvalue weighted by Crippen LogP contribution is -2.59. The molecule has 150 valence electrons. The molecular weight excluding hydrogens is 364 g/mol. The average Bonchev–Trinajstić information content (AvgIpc) is 2.62. The largest absolute Gasteiger partial charge is 0.462 e. The summed E-state index contributed by atoms with van der Waals surface area (Å²) in [6.45, 7) is 8.01. The first-order valence-electron chi connectivity index (χ1n) is 9.94. The summed E-state index contributed by atoms with van der Waals surface area (Å²) in [7, 11) is 2.18. The van der Waals surface area contributed by atoms with Crippen molar-refractivity contribution in [3.8, 4) is 0 Å². The molecule has 5 nitrogen and oxygen atoms in total. The monoisotopic (exact) mass is 395 g/mol. The molecule has 0 aliphatic carbocycles. The summed E-state index contributed by atoms with van der Waals surface area (Å²) >= 11 is 6.14. The first-order chi connectivity index (χ1) is 12.8. The summed E-state index contributed by atoms with van der Waals surface area (Å²) in [6.07, 6.45) is 5.30. The molecule has 1 amide bonds. The van der Waals surface area contributed by atoms with Crippen molar-refractivity contribution >= 4 is 29.2 Å². The number of rotatable bonds is 7. The van der Waals surface area contributed by atoms with Crippen molar-refractivity contribution in [2.45, 2.75) is 58.9 Å². The quantitative estimate of drug-likeness (QED) is 0.543. The van der Waals surface area contributed by atoms with Crippen LogP contribution in [-0.2, 0) is 9.53 Å². The van der Waals surface area contributed by atoms with Gasteiger partial charge in [0.1, 0.15) is 0 Å². The predicted molar refractivity (Wildman–Crippen MR) is 109 cm³/mol. The number of halogens is 1. The summed E-state index contributed by atoms with van der Waals surface area (Å²) in [5.74, 6) is -0.499. The molecule has 0 radical (unpaired) electrons. The fourth-order valence-electron chi connectivity index (χ4n) is 4.03. The van der Waals surface area contributed by atoms with Crippen LogP contribution in [0.15, 0.2) is 12.1 Å². The van der Waals surface area contributed by atoms with Gasteiger partial charge < -0.3 is 14.5 Å². The van der Waals surface area contributed by atoms with Gasteiger partial charge in [-0.25, -0.2) is 4.79 Å². The second-order valence-corrected chi connectivity index (χ2v) is 8.08. The van der Waals surface area contributed by atoms with E-state index in [-0.39, 0.29) is 18.6 Å². The van der Waals surface area contributed by atoms with Crippen molar-refractivity contribution in [1.82, 2.24) is 0 Å². The standard InChI is InChI=1S/C21H31ClN2O3/c1-5-10-18(24(4)11-8-7-9-12-24)20(25)23-19-15(3)13-16(22)14-17(19)21(26)27-6-2/h13-14,18H,5-12H2,1-4H3/p+1. The number of piperidine rings is 1. The van der Waals surface area contributed by atoms with E-state index in [4.69, 9.17) is 16.3 Å². The molecule has 0 spiro atoms. The highest BCUT2D eigenvalue weighted by molar-refractivity contribution is 6.31. The van der Waals surface area contributed by atoms with Crippen molar-refractivity contribution in [2.24, 2.45) is 0 Å². The highest BCUT2D eigenvalue weighted by atomic mass is 35.5. The Balaban J connectivity index is 2.33. The second kappa shape index (κ2) is 9.56. The summed E-state index contributed by atoms with van der Waals surface area (Å²) in [5, 5.41) is 3.49. The Morgan fingerprint density at radius 2 is 1.89 bits per heavy atom. The molecular formula is C21H32ClN2O3+. The van der Waals surface area contributed by atoms with Crippen LogP contribution in [0, 0.1) is 6.92 Å². The Kier molecular flexibility index (Phi) is 7.68. The highest BCUT2D eigenvalue weighted by Gasteiger charge is 2.39. The Labute approximate surface area is 167 Å². The molecule has 2 rings (SSSR count). The third kappa shape index (κ3) is 5.23. The first kappa shape index (κ1) is 21.7. The zero-order chi connectivity index (χ0) is 20.0. The van der Waals surface area contributed by atoms with Crippen LogP contribution >= 0.6 is 11.6 Å². The first-order valence-corrected chi connectivity index (χ1v) is 10.3. The summed E-state index contributed by atoms with van der Waals surface area (Å²) in [6, 6.07) is 3.19. The second-order valence-electron chi connectivity index (χ2n) is 7.65. The lowest BCUT2D eigenvalue weighted by atomic mass is 10.00. The van der Waals surface area contributed by atoms with E-state index in [2.05, 4.69) is 19.3 Å². The van der Waals surface area contributed by atoms with Gasteiger partial charge in [-0.3, -0.25) is 4.79 Å². The van der Waals surface area contributed by atoms with Gasteiger partial charge in [-0.1, -0.05) is 18.5 Å². The Hall–Kier alpha value is -1.59. The minimum absolute atomic E-state index is 0.0304. The minimum Gasteiger partial charge on any atom is -0.462 e. The SMILES string of the molecule is CCCC(C(=O)Nc1c(C)cc(Cl)cc1C(=O)OCC)[N+]1(C)CCCCC1. The third-order valence-electron chi connectivity index (χ3n) is 5.50. The smallest absolute Gasteiger partial charge is 0.340 e. The van der Waals surface area contributed by atoms with Crippen LogP contribution in [0.25, 0.3) is 0 Å². The zero-order valence-corrected chi connectivity index (χ0v) is 17.7. The van der Waals surface area contributed by atoms with Gasteiger partial charge in [0.2, 0.25) is 0 Å². The van der Waals surface area contributed by atoms with Crippen molar-refractivity contribution in [1.29, 1.82) is 0 Å². The summed E-state index contributed by atoms with van der Waals surface area (Å²) in [4.78, 5) is 25.6. The molecule has 1 aliphatic heterocycles. The number of amides is 1. The van der Waals surface area contributed by atoms with Gasteiger partial charge in [-0.2, -0.15) is 0 Å². The van der Waals surface area contributed by atoms with Crippen molar-refractivity contribution in [2.75, 3.05) is 32.1 Å². The zero-order valence-electron chi connectivity index (χ0n) is 16.9. The number of aryl methyl sites for hydroxylation is 1. The van der Waals surface area contributed by atoms with Crippen LogP contribution in [0.1, 0.15) is 61.9 Å². The molecule has 0 saturated carbocycles. The number of hydrogen-bond donors (Lipinski definition) is 1. The fourth-order valence-corrected chi connectivity index (χ4v) is 4.30. The van der Waals surface area contributed by atoms with E-state index in [1.165, 1.54) is 6.42 Å². The minimum atomic E-state index is -0.469. The number of esters is 1. The Morgan fingerprint density at radius 3 is 2.48 bits per heavy atom. The van der Waals surface area contributed by atoms with Crippen molar-refractivity contribution in [3.63, 3.8) is 0 Å². The lowest BCUT2D eigenvalue weighted by Gasteiger charge is -2.43. The number of carbonyl (C=O) groups excluding carboxylic acids is 2. The van der Waals surface area contributed by atoms with Gasteiger partial charge in [-0.05, 0) is 57.2 Å². The maximum absolute atomic E-state index is 13.3. The van der Waals surface area contributed by atoms with Crippen LogP contribution in [0.5, 0.6) is 0 Å². The van der Waals surface area contributed by atoms with Crippen LogP contribution in [0.4, 0.5) is 5.69 Å². The third-order valence-corrected chi connectivity index (χ3v) is 5.72. The number of likely N-dealkylation sites (N-methyl/N-ethyl adjacent to an activating group) is 1. The molecule has 1 N–H and O–H groups in total. The van der Waals surface area contributed by atoms with Crippen molar-refractivity contribution < 1.29 is 18.8 Å². The molecule has 1 atom stereocenters. The Morgan fingerprint density at radius 1 is 1.22 bits per heavy atom. The van der Waals surface area contributed by atoms with Crippen LogP contribution in [0.2, 0.25) is 5.02 Å². The van der Waals surface area contributed by atoms with Gasteiger partial charge in [0.15, 0.2) is 6.04 Å². The van der Waals surface area contributed by atoms with E-state index in [1.54, 1.807) is 19.1 Å². The van der Waals surface area contributed by atoms with E-state index < -0.39 is 5.97 Å². The molecule has 1 aromatic carbocycles. The molecule has 1 fully saturated rings. The number of benzene rings is 1. The predicted octanol–water partition coefficient (Wildman–Crippen LogP) is 4.56. The molecule has 0 aromatic heterocycles. The normalized spacial score (nSPS) is 17.2. The van der Waals surface area contributed by atoms with Gasteiger partial charge in [-0.15, -0.1) is 0 Å². The van der Waals surface area contributed by atoms with Crippen LogP contribution < -0.4 is 5.32 Å². The topological polar surface area (TPSA) is 55.4 Å². The summed E-state index contributed by atoms with van der Waals surface area (Å²) in [5.41, 5.74) is 1.58. The molecule has 6 heteroatoms. The number of anilines is 1. The van der Waals surface area contributed by atoms with E-state index in [0.29, 0.717) is 16.3 Å². The molecule has 1 unspecified atom stereocenters. The number of likely N-dealkylation sites (tertiary alicyclic amines) is 1. The van der Waals surface area contributed by atoms with Crippen molar-refractivity contribution in [3.05, 3.63) is 28.3 Å². The maximum atomic E-state index is 13.3. The average molecular weight is 396 g/mol. The van der Waals surface area contributed by atoms with Crippen LogP contribution in [-0.4, -0.2) is 49.1 Å². The lowest BCUT2D eigenvalue weighted by molar-refractivity contribution is -0.929. The number of hydrogen-bond acceptors (Lipinski definition) is 3. The van der Waals surface area contributed by atoms with E-state index in [1.807, 2.05) is 6.92 Å². The fraction of sp³-hybridized carbons (Fsp3) is 0.619. The van der Waals surface area contributed by atoms with Gasteiger partial charge >= 0.3 is 5.97 Å². The van der Waals surface area contributed by atoms with E-state index in [9.17, 15) is 9.59 Å². The number of quaternary nitrogens is 1. The summed E-state index contributed by atoms with van der Waals surface area (Å²) < 4.78 is 5.92. The number of carbonyl (C=O) groups is 2. The number of nitrogens with zero attached hydrogens (tertiary/aromatic N) is 1. The van der Waals surface area contributed by atoms with E-state index >= 15 is 0 Å². The Bertz CT molecular complexity index is 684.